The van der Waals surface area contributed by atoms with E-state index in [1.54, 1.807) is 0 Å². The van der Waals surface area contributed by atoms with Crippen molar-refractivity contribution in [2.45, 2.75) is 0 Å². The van der Waals surface area contributed by atoms with E-state index in [1.165, 1.54) is 43.8 Å². The monoisotopic (exact) mass is 352 g/mol. The topological polar surface area (TPSA) is 0 Å². The molecule has 0 saturated heterocycles. The van der Waals surface area contributed by atoms with Crippen LogP contribution in [0.25, 0.3) is 43.8 Å². The van der Waals surface area contributed by atoms with Gasteiger partial charge in [0.05, 0.1) is 0 Å². The van der Waals surface area contributed by atoms with Gasteiger partial charge in [-0.15, -0.1) is 29.7 Å². The summed E-state index contributed by atoms with van der Waals surface area (Å²) >= 11 is 0. The van der Waals surface area contributed by atoms with E-state index in [-0.39, 0.29) is 29.6 Å². The van der Waals surface area contributed by atoms with Gasteiger partial charge in [0.25, 0.3) is 0 Å². The summed E-state index contributed by atoms with van der Waals surface area (Å²) in [7, 11) is 0. The molecule has 0 atom stereocenters. The van der Waals surface area contributed by atoms with Gasteiger partial charge in [0.15, 0.2) is 0 Å². The molecule has 27 heavy (non-hydrogen) atoms. The second-order valence-corrected chi connectivity index (χ2v) is 6.49. The Morgan fingerprint density at radius 1 is 0.444 bits per heavy atom. The molecule has 122 valence electrons. The van der Waals surface area contributed by atoms with Gasteiger partial charge in [-0.05, 0) is 16.5 Å². The van der Waals surface area contributed by atoms with E-state index in [2.05, 4.69) is 103 Å². The number of benzene rings is 5. The first kappa shape index (κ1) is 18.0. The molecule has 5 rings (SSSR count). The molecule has 0 amide bonds. The van der Waals surface area contributed by atoms with Gasteiger partial charge in [-0.1, -0.05) is 107 Å². The van der Waals surface area contributed by atoms with Crippen LogP contribution in [0.3, 0.4) is 0 Å². The Morgan fingerprint density at radius 2 is 0.926 bits per heavy atom. The summed E-state index contributed by atoms with van der Waals surface area (Å²) in [5.74, 6) is 0. The first-order valence-corrected chi connectivity index (χ1v) is 8.89. The van der Waals surface area contributed by atoms with Crippen LogP contribution in [-0.4, -0.2) is 0 Å². The summed E-state index contributed by atoms with van der Waals surface area (Å²) in [4.78, 5) is 0. The second-order valence-electron chi connectivity index (χ2n) is 6.49. The van der Waals surface area contributed by atoms with Crippen LogP contribution in [0, 0.1) is 6.07 Å². The summed E-state index contributed by atoms with van der Waals surface area (Å²) in [6.45, 7) is 0. The molecule has 0 heterocycles. The molecule has 0 aromatic heterocycles. The summed E-state index contributed by atoms with van der Waals surface area (Å²) in [6, 6.07) is 39.8. The zero-order valence-corrected chi connectivity index (χ0v) is 17.3. The van der Waals surface area contributed by atoms with Crippen LogP contribution < -0.4 is 29.6 Å². The molecule has 0 aliphatic carbocycles. The van der Waals surface area contributed by atoms with Crippen LogP contribution in [0.15, 0.2) is 103 Å². The average Bonchev–Trinajstić information content (AvgIpc) is 2.73. The number of hydrogen-bond donors (Lipinski definition) is 0. The van der Waals surface area contributed by atoms with Gasteiger partial charge in [-0.25, -0.2) is 0 Å². The van der Waals surface area contributed by atoms with Gasteiger partial charge in [0.2, 0.25) is 0 Å². The third-order valence-electron chi connectivity index (χ3n) is 4.97. The fourth-order valence-corrected chi connectivity index (χ4v) is 3.87. The first-order valence-electron chi connectivity index (χ1n) is 8.89. The van der Waals surface area contributed by atoms with Crippen LogP contribution in [0.5, 0.6) is 0 Å². The molecule has 0 bridgehead atoms. The van der Waals surface area contributed by atoms with Crippen molar-refractivity contribution in [3.63, 3.8) is 0 Å². The Hall–Kier alpha value is -2.38. The van der Waals surface area contributed by atoms with Gasteiger partial charge >= 0.3 is 29.6 Å². The number of hydrogen-bond acceptors (Lipinski definition) is 0. The molecule has 0 N–H and O–H groups in total. The summed E-state index contributed by atoms with van der Waals surface area (Å²) < 4.78 is 0. The summed E-state index contributed by atoms with van der Waals surface area (Å²) in [5, 5.41) is 4.98. The van der Waals surface area contributed by atoms with Gasteiger partial charge in [-0.3, -0.25) is 0 Å². The third-order valence-corrected chi connectivity index (χ3v) is 4.97. The summed E-state index contributed by atoms with van der Waals surface area (Å²) in [5.41, 5.74) is 5.02. The Bertz CT molecular complexity index is 1050. The maximum Gasteiger partial charge on any atom is 1.00 e. The van der Waals surface area contributed by atoms with Crippen LogP contribution >= 0.6 is 0 Å². The molecule has 1 heteroatoms. The van der Waals surface area contributed by atoms with Crippen LogP contribution in [0.2, 0.25) is 0 Å². The zero-order chi connectivity index (χ0) is 17.3. The largest absolute Gasteiger partial charge is 1.00 e. The Balaban J connectivity index is 0.00000180. The molecule has 0 aliphatic heterocycles. The predicted octanol–water partition coefficient (Wildman–Crippen LogP) is 4.13. The zero-order valence-electron chi connectivity index (χ0n) is 15.3. The molecular weight excluding hydrogens is 335 g/mol. The fraction of sp³-hybridized carbons (Fsp3) is 0. The normalized spacial score (nSPS) is 10.7. The minimum Gasteiger partial charge on any atom is -0.147 e. The molecule has 5 aromatic rings. The van der Waals surface area contributed by atoms with Crippen molar-refractivity contribution in [1.29, 1.82) is 0 Å². The minimum absolute atomic E-state index is 0. The van der Waals surface area contributed by atoms with E-state index in [0.717, 1.165) is 0 Å². The van der Waals surface area contributed by atoms with Gasteiger partial charge in [-0.2, -0.15) is 0 Å². The maximum absolute atomic E-state index is 3.52. The predicted molar refractivity (Wildman–Crippen MR) is 111 cm³/mol. The van der Waals surface area contributed by atoms with Gasteiger partial charge in [0, 0.05) is 0 Å². The summed E-state index contributed by atoms with van der Waals surface area (Å²) in [6.07, 6.45) is 0. The molecule has 0 fully saturated rings. The van der Waals surface area contributed by atoms with Crippen LogP contribution in [-0.2, 0) is 0 Å². The molecule has 0 aliphatic rings. The first-order chi connectivity index (χ1) is 12.9. The Morgan fingerprint density at radius 3 is 1.56 bits per heavy atom. The van der Waals surface area contributed by atoms with Crippen molar-refractivity contribution in [3.05, 3.63) is 109 Å². The van der Waals surface area contributed by atoms with Crippen LogP contribution in [0.4, 0.5) is 0 Å². The van der Waals surface area contributed by atoms with E-state index < -0.39 is 0 Å². The van der Waals surface area contributed by atoms with Crippen molar-refractivity contribution in [3.8, 4) is 22.3 Å². The minimum atomic E-state index is 0. The quantitative estimate of drug-likeness (QED) is 0.255. The van der Waals surface area contributed by atoms with E-state index in [0.29, 0.717) is 0 Å². The standard InChI is InChI=1S/C26H17.Na/c1-3-11-19(12-4-1)25-21-15-7-9-17-23(21)26(20-13-5-2-6-14-20)24-18-10-8-16-22(24)25;/h1-17H;/q-1;+1. The molecule has 5 aromatic carbocycles. The van der Waals surface area contributed by atoms with Crippen molar-refractivity contribution >= 4 is 21.5 Å². The van der Waals surface area contributed by atoms with E-state index >= 15 is 0 Å². The molecule has 0 spiro atoms. The number of rotatable bonds is 2. The van der Waals surface area contributed by atoms with E-state index in [1.807, 2.05) is 6.07 Å². The van der Waals surface area contributed by atoms with E-state index in [9.17, 15) is 0 Å². The SMILES string of the molecule is [Na+].[c-]1cccc2c(-c3ccccc3)c3ccccc3c(-c3ccccc3)c12. The maximum atomic E-state index is 3.52. The molecule has 0 radical (unpaired) electrons. The van der Waals surface area contributed by atoms with Crippen molar-refractivity contribution in [1.82, 2.24) is 0 Å². The molecule has 0 unspecified atom stereocenters. The Kier molecular flexibility index (Phi) is 5.13. The molecule has 0 nitrogen and oxygen atoms in total. The molecular formula is C26H17Na. The average molecular weight is 352 g/mol. The second kappa shape index (κ2) is 7.70. The van der Waals surface area contributed by atoms with Crippen molar-refractivity contribution in [2.75, 3.05) is 0 Å². The van der Waals surface area contributed by atoms with E-state index in [4.69, 9.17) is 0 Å². The smallest absolute Gasteiger partial charge is 0.147 e. The van der Waals surface area contributed by atoms with Gasteiger partial charge in [0.1, 0.15) is 0 Å². The Labute approximate surface area is 181 Å². The van der Waals surface area contributed by atoms with Crippen LogP contribution in [0.1, 0.15) is 0 Å². The van der Waals surface area contributed by atoms with Crippen molar-refractivity contribution < 1.29 is 29.6 Å². The number of fused-ring (bicyclic) bond motifs is 2. The van der Waals surface area contributed by atoms with Gasteiger partial charge < -0.3 is 0 Å². The van der Waals surface area contributed by atoms with Crippen molar-refractivity contribution in [2.24, 2.45) is 0 Å². The molecule has 0 saturated carbocycles. The fourth-order valence-electron chi connectivity index (χ4n) is 3.87. The third kappa shape index (κ3) is 3.11.